The van der Waals surface area contributed by atoms with Gasteiger partial charge in [0.05, 0.1) is 12.7 Å². The molecule has 1 aromatic heterocycles. The Kier molecular flexibility index (Phi) is 2.32. The third-order valence-electron chi connectivity index (χ3n) is 1.79. The molecular formula is C9H9N3OS. The van der Waals surface area contributed by atoms with Gasteiger partial charge in [0.2, 0.25) is 0 Å². The van der Waals surface area contributed by atoms with E-state index in [-0.39, 0.29) is 0 Å². The highest BCUT2D eigenvalue weighted by atomic mass is 32.1. The number of aromatic nitrogens is 2. The van der Waals surface area contributed by atoms with Gasteiger partial charge in [0, 0.05) is 11.5 Å². The summed E-state index contributed by atoms with van der Waals surface area (Å²) in [6.07, 6.45) is 0. The molecule has 0 aliphatic heterocycles. The molecule has 0 fully saturated rings. The summed E-state index contributed by atoms with van der Waals surface area (Å²) < 4.78 is 9.31. The third kappa shape index (κ3) is 1.54. The molecule has 0 unspecified atom stereocenters. The van der Waals surface area contributed by atoms with Crippen LogP contribution in [-0.4, -0.2) is 16.5 Å². The van der Waals surface area contributed by atoms with E-state index in [4.69, 9.17) is 10.5 Å². The molecule has 0 radical (unpaired) electrons. The van der Waals surface area contributed by atoms with E-state index < -0.39 is 0 Å². The maximum atomic E-state index is 5.51. The fourth-order valence-corrected chi connectivity index (χ4v) is 1.62. The summed E-state index contributed by atoms with van der Waals surface area (Å²) in [6.45, 7) is 0. The van der Waals surface area contributed by atoms with Crippen LogP contribution in [0.4, 0.5) is 5.13 Å². The van der Waals surface area contributed by atoms with Crippen molar-refractivity contribution in [2.24, 2.45) is 0 Å². The van der Waals surface area contributed by atoms with E-state index in [2.05, 4.69) is 9.36 Å². The van der Waals surface area contributed by atoms with Gasteiger partial charge in [-0.1, -0.05) is 12.1 Å². The first-order valence-corrected chi connectivity index (χ1v) is 4.81. The molecule has 0 spiro atoms. The van der Waals surface area contributed by atoms with Crippen molar-refractivity contribution in [3.8, 4) is 17.1 Å². The number of benzene rings is 1. The molecule has 0 saturated heterocycles. The fraction of sp³-hybridized carbons (Fsp3) is 0.111. The maximum absolute atomic E-state index is 5.51. The highest BCUT2D eigenvalue weighted by Crippen LogP contribution is 2.28. The van der Waals surface area contributed by atoms with Gasteiger partial charge in [0.15, 0.2) is 11.0 Å². The number of ether oxygens (including phenoxy) is 1. The number of hydrogen-bond donors (Lipinski definition) is 1. The number of methoxy groups -OCH3 is 1. The standard InChI is InChI=1S/C9H9N3OS/c1-13-7-5-3-2-4-6(7)8-11-9(10)14-12-8/h2-5H,1H3,(H2,10,11,12). The number of nitrogens with two attached hydrogens (primary N) is 1. The lowest BCUT2D eigenvalue weighted by Gasteiger charge is -2.03. The average Bonchev–Trinajstić information content (AvgIpc) is 2.65. The Morgan fingerprint density at radius 3 is 2.79 bits per heavy atom. The number of nitrogen functional groups attached to an aromatic ring is 1. The summed E-state index contributed by atoms with van der Waals surface area (Å²) in [4.78, 5) is 4.09. The van der Waals surface area contributed by atoms with Crippen LogP contribution in [0.25, 0.3) is 11.4 Å². The van der Waals surface area contributed by atoms with E-state index in [1.54, 1.807) is 7.11 Å². The average molecular weight is 207 g/mol. The van der Waals surface area contributed by atoms with Crippen LogP contribution in [0, 0.1) is 0 Å². The summed E-state index contributed by atoms with van der Waals surface area (Å²) in [7, 11) is 1.62. The highest BCUT2D eigenvalue weighted by Gasteiger charge is 2.09. The van der Waals surface area contributed by atoms with Crippen LogP contribution in [0.1, 0.15) is 0 Å². The van der Waals surface area contributed by atoms with Crippen LogP contribution >= 0.6 is 11.5 Å². The second-order valence-corrected chi connectivity index (χ2v) is 3.44. The lowest BCUT2D eigenvalue weighted by Crippen LogP contribution is -1.89. The second-order valence-electron chi connectivity index (χ2n) is 2.66. The number of rotatable bonds is 2. The molecule has 0 aliphatic carbocycles. The van der Waals surface area contributed by atoms with Crippen LogP contribution in [0.3, 0.4) is 0 Å². The molecule has 2 N–H and O–H groups in total. The topological polar surface area (TPSA) is 61.0 Å². The summed E-state index contributed by atoms with van der Waals surface area (Å²) in [5, 5.41) is 0.464. The van der Waals surface area contributed by atoms with Crippen LogP contribution in [0.15, 0.2) is 24.3 Å². The third-order valence-corrected chi connectivity index (χ3v) is 2.33. The van der Waals surface area contributed by atoms with Crippen molar-refractivity contribution in [2.45, 2.75) is 0 Å². The van der Waals surface area contributed by atoms with E-state index in [9.17, 15) is 0 Å². The number of para-hydroxylation sites is 1. The lowest BCUT2D eigenvalue weighted by atomic mass is 10.2. The summed E-state index contributed by atoms with van der Waals surface area (Å²) in [5.74, 6) is 1.37. The highest BCUT2D eigenvalue weighted by molar-refractivity contribution is 7.09. The molecule has 0 aliphatic rings. The van der Waals surface area contributed by atoms with E-state index in [0.717, 1.165) is 11.3 Å². The molecule has 72 valence electrons. The molecule has 1 heterocycles. The number of anilines is 1. The minimum absolute atomic E-state index is 0.464. The van der Waals surface area contributed by atoms with E-state index in [0.29, 0.717) is 11.0 Å². The Bertz CT molecular complexity index is 441. The van der Waals surface area contributed by atoms with Crippen molar-refractivity contribution in [1.82, 2.24) is 9.36 Å². The van der Waals surface area contributed by atoms with Gasteiger partial charge in [0.1, 0.15) is 5.75 Å². The molecule has 0 bridgehead atoms. The summed E-state index contributed by atoms with van der Waals surface area (Å²) in [6, 6.07) is 7.58. The molecule has 0 amide bonds. The van der Waals surface area contributed by atoms with Gasteiger partial charge in [-0.25, -0.2) is 0 Å². The van der Waals surface area contributed by atoms with Crippen molar-refractivity contribution < 1.29 is 4.74 Å². The van der Waals surface area contributed by atoms with Crippen LogP contribution in [-0.2, 0) is 0 Å². The van der Waals surface area contributed by atoms with Crippen molar-refractivity contribution in [2.75, 3.05) is 12.8 Å². The van der Waals surface area contributed by atoms with Crippen molar-refractivity contribution in [3.05, 3.63) is 24.3 Å². The van der Waals surface area contributed by atoms with Gasteiger partial charge in [-0.05, 0) is 12.1 Å². The van der Waals surface area contributed by atoms with Crippen LogP contribution < -0.4 is 10.5 Å². The Morgan fingerprint density at radius 2 is 2.14 bits per heavy atom. The Balaban J connectivity index is 2.50. The SMILES string of the molecule is COc1ccccc1-c1nsc(N)n1. The Labute approximate surface area is 85.5 Å². The lowest BCUT2D eigenvalue weighted by molar-refractivity contribution is 0.416. The number of hydrogen-bond acceptors (Lipinski definition) is 5. The minimum Gasteiger partial charge on any atom is -0.496 e. The van der Waals surface area contributed by atoms with E-state index in [1.165, 1.54) is 11.5 Å². The molecule has 5 heteroatoms. The molecule has 4 nitrogen and oxygen atoms in total. The quantitative estimate of drug-likeness (QED) is 0.815. The predicted octanol–water partition coefficient (Wildman–Crippen LogP) is 1.80. The zero-order chi connectivity index (χ0) is 9.97. The molecule has 1 aromatic carbocycles. The maximum Gasteiger partial charge on any atom is 0.200 e. The molecule has 14 heavy (non-hydrogen) atoms. The zero-order valence-electron chi connectivity index (χ0n) is 7.60. The monoisotopic (exact) mass is 207 g/mol. The van der Waals surface area contributed by atoms with Gasteiger partial charge in [-0.2, -0.15) is 9.36 Å². The van der Waals surface area contributed by atoms with Gasteiger partial charge in [-0.3, -0.25) is 0 Å². The van der Waals surface area contributed by atoms with Gasteiger partial charge < -0.3 is 10.5 Å². The van der Waals surface area contributed by atoms with Gasteiger partial charge in [0.25, 0.3) is 0 Å². The summed E-state index contributed by atoms with van der Waals surface area (Å²) >= 11 is 1.18. The minimum atomic E-state index is 0.464. The Hall–Kier alpha value is -1.62. The second kappa shape index (κ2) is 3.63. The molecule has 2 aromatic rings. The first kappa shape index (κ1) is 8.96. The summed E-state index contributed by atoms with van der Waals surface area (Å²) in [5.41, 5.74) is 6.38. The first-order valence-electron chi connectivity index (χ1n) is 4.04. The van der Waals surface area contributed by atoms with Crippen molar-refractivity contribution in [3.63, 3.8) is 0 Å². The molecule has 0 saturated carbocycles. The van der Waals surface area contributed by atoms with Crippen molar-refractivity contribution in [1.29, 1.82) is 0 Å². The molecule has 0 atom stereocenters. The van der Waals surface area contributed by atoms with Crippen LogP contribution in [0.2, 0.25) is 0 Å². The fourth-order valence-electron chi connectivity index (χ4n) is 1.17. The van der Waals surface area contributed by atoms with Crippen LogP contribution in [0.5, 0.6) is 5.75 Å². The van der Waals surface area contributed by atoms with Gasteiger partial charge >= 0.3 is 0 Å². The normalized spacial score (nSPS) is 10.1. The largest absolute Gasteiger partial charge is 0.496 e. The van der Waals surface area contributed by atoms with E-state index >= 15 is 0 Å². The molecule has 2 rings (SSSR count). The van der Waals surface area contributed by atoms with Gasteiger partial charge in [-0.15, -0.1) is 0 Å². The number of nitrogens with zero attached hydrogens (tertiary/aromatic N) is 2. The first-order chi connectivity index (χ1) is 6.81. The smallest absolute Gasteiger partial charge is 0.200 e. The van der Waals surface area contributed by atoms with E-state index in [1.807, 2.05) is 24.3 Å². The Morgan fingerprint density at radius 1 is 1.36 bits per heavy atom. The molecular weight excluding hydrogens is 198 g/mol. The van der Waals surface area contributed by atoms with Crippen molar-refractivity contribution >= 4 is 16.7 Å². The zero-order valence-corrected chi connectivity index (χ0v) is 8.41. The predicted molar refractivity (Wildman–Crippen MR) is 56.3 cm³/mol.